The number of phenolic OH excluding ortho intramolecular Hbond substituents is 1. The fourth-order valence-electron chi connectivity index (χ4n) is 2.51. The van der Waals surface area contributed by atoms with E-state index in [9.17, 15) is 5.11 Å². The fourth-order valence-corrected chi connectivity index (χ4v) is 2.51. The Morgan fingerprint density at radius 2 is 1.86 bits per heavy atom. The van der Waals surface area contributed by atoms with E-state index in [0.29, 0.717) is 12.4 Å². The number of hydrogen-bond acceptors (Lipinski definition) is 3. The summed E-state index contributed by atoms with van der Waals surface area (Å²) in [5.74, 6) is 0.634. The summed E-state index contributed by atoms with van der Waals surface area (Å²) < 4.78 is 7.46. The lowest BCUT2D eigenvalue weighted by molar-refractivity contribution is 0.318. The summed E-state index contributed by atoms with van der Waals surface area (Å²) in [6.45, 7) is 2.40. The van der Waals surface area contributed by atoms with Gasteiger partial charge in [-0.2, -0.15) is 0 Å². The molecule has 0 spiro atoms. The molecule has 0 amide bonds. The molecule has 0 unspecified atom stereocenters. The van der Waals surface area contributed by atoms with Crippen LogP contribution in [0.2, 0.25) is 0 Å². The van der Waals surface area contributed by atoms with E-state index in [0.717, 1.165) is 22.5 Å². The Morgan fingerprint density at radius 3 is 2.59 bits per heavy atom. The minimum atomic E-state index is 0.147. The van der Waals surface area contributed by atoms with E-state index < -0.39 is 0 Å². The molecule has 1 N–H and O–H groups in total. The Bertz CT molecular complexity index is 779. The zero-order valence-electron chi connectivity index (χ0n) is 12.7. The minimum absolute atomic E-state index is 0.147. The van der Waals surface area contributed by atoms with Gasteiger partial charge in [-0.3, -0.25) is 0 Å². The molecule has 0 saturated heterocycles. The molecule has 1 heterocycles. The predicted octanol–water partition coefficient (Wildman–Crippen LogP) is 3.86. The fraction of sp³-hybridized carbons (Fsp3) is 0.167. The number of aromatic hydroxyl groups is 1. The van der Waals surface area contributed by atoms with Crippen molar-refractivity contribution in [3.05, 3.63) is 54.9 Å². The highest BCUT2D eigenvalue weighted by molar-refractivity contribution is 5.79. The standard InChI is InChI=1S/C18H18N2O2/c1-3-22-16-11-14(9-10-15(16)21)18-17(19-12-20(18)2)13-7-5-4-6-8-13/h4-12,21H,3H2,1-2H3. The third-order valence-corrected chi connectivity index (χ3v) is 3.52. The van der Waals surface area contributed by atoms with Crippen molar-refractivity contribution in [2.24, 2.45) is 7.05 Å². The molecule has 0 aliphatic rings. The predicted molar refractivity (Wildman–Crippen MR) is 86.9 cm³/mol. The van der Waals surface area contributed by atoms with Gasteiger partial charge in [0.1, 0.15) is 0 Å². The van der Waals surface area contributed by atoms with E-state index in [1.54, 1.807) is 12.4 Å². The van der Waals surface area contributed by atoms with E-state index >= 15 is 0 Å². The van der Waals surface area contributed by atoms with Crippen molar-refractivity contribution < 1.29 is 9.84 Å². The summed E-state index contributed by atoms with van der Waals surface area (Å²) in [6.07, 6.45) is 1.80. The van der Waals surface area contributed by atoms with Crippen molar-refractivity contribution >= 4 is 0 Å². The normalized spacial score (nSPS) is 10.6. The van der Waals surface area contributed by atoms with Gasteiger partial charge in [-0.15, -0.1) is 0 Å². The van der Waals surface area contributed by atoms with Gasteiger partial charge in [0.15, 0.2) is 11.5 Å². The van der Waals surface area contributed by atoms with Crippen LogP contribution in [0.25, 0.3) is 22.5 Å². The second-order valence-corrected chi connectivity index (χ2v) is 5.03. The van der Waals surface area contributed by atoms with Crippen LogP contribution < -0.4 is 4.74 Å². The summed E-state index contributed by atoms with van der Waals surface area (Å²) in [5, 5.41) is 9.87. The summed E-state index contributed by atoms with van der Waals surface area (Å²) in [4.78, 5) is 4.52. The van der Waals surface area contributed by atoms with E-state index in [1.807, 2.05) is 61.0 Å². The first-order valence-corrected chi connectivity index (χ1v) is 7.23. The monoisotopic (exact) mass is 294 g/mol. The molecule has 0 aliphatic carbocycles. The van der Waals surface area contributed by atoms with Crippen molar-refractivity contribution in [3.63, 3.8) is 0 Å². The van der Waals surface area contributed by atoms with Gasteiger partial charge >= 0.3 is 0 Å². The number of ether oxygens (including phenoxy) is 1. The minimum Gasteiger partial charge on any atom is -0.504 e. The third kappa shape index (κ3) is 2.55. The van der Waals surface area contributed by atoms with Gasteiger partial charge in [0.2, 0.25) is 0 Å². The van der Waals surface area contributed by atoms with Crippen LogP contribution in [-0.4, -0.2) is 21.3 Å². The molecule has 0 aliphatic heterocycles. The summed E-state index contributed by atoms with van der Waals surface area (Å²) in [7, 11) is 1.96. The average Bonchev–Trinajstić information content (AvgIpc) is 2.92. The molecular weight excluding hydrogens is 276 g/mol. The molecule has 1 aromatic heterocycles. The van der Waals surface area contributed by atoms with E-state index in [1.165, 1.54) is 0 Å². The largest absolute Gasteiger partial charge is 0.504 e. The van der Waals surface area contributed by atoms with Crippen molar-refractivity contribution in [2.45, 2.75) is 6.92 Å². The van der Waals surface area contributed by atoms with E-state index in [4.69, 9.17) is 4.74 Å². The molecule has 2 aromatic carbocycles. The molecule has 0 radical (unpaired) electrons. The first-order chi connectivity index (χ1) is 10.7. The van der Waals surface area contributed by atoms with Crippen molar-refractivity contribution in [3.8, 4) is 34.0 Å². The lowest BCUT2D eigenvalue weighted by atomic mass is 10.0. The Morgan fingerprint density at radius 1 is 1.09 bits per heavy atom. The summed E-state index contributed by atoms with van der Waals surface area (Å²) >= 11 is 0. The smallest absolute Gasteiger partial charge is 0.161 e. The second-order valence-electron chi connectivity index (χ2n) is 5.03. The first kappa shape index (κ1) is 14.2. The lowest BCUT2D eigenvalue weighted by Gasteiger charge is -2.10. The maximum absolute atomic E-state index is 9.87. The second kappa shape index (κ2) is 5.93. The molecule has 112 valence electrons. The summed E-state index contributed by atoms with van der Waals surface area (Å²) in [6, 6.07) is 15.4. The van der Waals surface area contributed by atoms with E-state index in [-0.39, 0.29) is 5.75 Å². The van der Waals surface area contributed by atoms with Gasteiger partial charge in [-0.1, -0.05) is 30.3 Å². The highest BCUT2D eigenvalue weighted by Gasteiger charge is 2.15. The highest BCUT2D eigenvalue weighted by Crippen LogP contribution is 2.35. The van der Waals surface area contributed by atoms with Crippen LogP contribution >= 0.6 is 0 Å². The number of nitrogens with zero attached hydrogens (tertiary/aromatic N) is 2. The van der Waals surface area contributed by atoms with Gasteiger partial charge in [-0.05, 0) is 25.1 Å². The van der Waals surface area contributed by atoms with Gasteiger partial charge < -0.3 is 14.4 Å². The first-order valence-electron chi connectivity index (χ1n) is 7.23. The van der Waals surface area contributed by atoms with Crippen LogP contribution in [0.15, 0.2) is 54.9 Å². The maximum Gasteiger partial charge on any atom is 0.161 e. The molecule has 0 atom stereocenters. The molecule has 3 rings (SSSR count). The average molecular weight is 294 g/mol. The van der Waals surface area contributed by atoms with Gasteiger partial charge in [0.05, 0.1) is 24.3 Å². The topological polar surface area (TPSA) is 47.3 Å². The zero-order chi connectivity index (χ0) is 15.5. The number of rotatable bonds is 4. The lowest BCUT2D eigenvalue weighted by Crippen LogP contribution is -1.95. The molecule has 4 heteroatoms. The number of hydrogen-bond donors (Lipinski definition) is 1. The molecule has 0 saturated carbocycles. The van der Waals surface area contributed by atoms with Crippen molar-refractivity contribution in [1.82, 2.24) is 9.55 Å². The quantitative estimate of drug-likeness (QED) is 0.795. The molecule has 0 bridgehead atoms. The number of benzene rings is 2. The van der Waals surface area contributed by atoms with Crippen LogP contribution in [0.1, 0.15) is 6.92 Å². The molecule has 0 fully saturated rings. The Kier molecular flexibility index (Phi) is 3.83. The number of aryl methyl sites for hydroxylation is 1. The Hall–Kier alpha value is -2.75. The Balaban J connectivity index is 2.13. The highest BCUT2D eigenvalue weighted by atomic mass is 16.5. The summed E-state index contributed by atoms with van der Waals surface area (Å²) in [5.41, 5.74) is 3.92. The van der Waals surface area contributed by atoms with Crippen molar-refractivity contribution in [1.29, 1.82) is 0 Å². The van der Waals surface area contributed by atoms with Gasteiger partial charge in [0.25, 0.3) is 0 Å². The van der Waals surface area contributed by atoms with Crippen LogP contribution in [0.4, 0.5) is 0 Å². The third-order valence-electron chi connectivity index (χ3n) is 3.52. The number of imidazole rings is 1. The van der Waals surface area contributed by atoms with Gasteiger partial charge in [0, 0.05) is 18.2 Å². The van der Waals surface area contributed by atoms with Crippen LogP contribution in [0, 0.1) is 0 Å². The molecule has 3 aromatic rings. The maximum atomic E-state index is 9.87. The zero-order valence-corrected chi connectivity index (χ0v) is 12.7. The van der Waals surface area contributed by atoms with Crippen LogP contribution in [0.3, 0.4) is 0 Å². The van der Waals surface area contributed by atoms with Crippen molar-refractivity contribution in [2.75, 3.05) is 6.61 Å². The number of phenols is 1. The van der Waals surface area contributed by atoms with Crippen LogP contribution in [0.5, 0.6) is 11.5 Å². The number of aromatic nitrogens is 2. The molecule has 4 nitrogen and oxygen atoms in total. The van der Waals surface area contributed by atoms with E-state index in [2.05, 4.69) is 4.98 Å². The molecular formula is C18H18N2O2. The van der Waals surface area contributed by atoms with Crippen LogP contribution in [-0.2, 0) is 7.05 Å². The molecule has 22 heavy (non-hydrogen) atoms. The SMILES string of the molecule is CCOc1cc(-c2c(-c3ccccc3)ncn2C)ccc1O. The Labute approximate surface area is 129 Å². The van der Waals surface area contributed by atoms with Gasteiger partial charge in [-0.25, -0.2) is 4.98 Å².